The van der Waals surface area contributed by atoms with Crippen molar-refractivity contribution in [1.82, 2.24) is 10.3 Å². The van der Waals surface area contributed by atoms with Crippen LogP contribution in [0.5, 0.6) is 0 Å². The molecule has 1 aliphatic heterocycles. The summed E-state index contributed by atoms with van der Waals surface area (Å²) in [7, 11) is 1.77. The third-order valence-electron chi connectivity index (χ3n) is 4.09. The molecule has 0 radical (unpaired) electrons. The summed E-state index contributed by atoms with van der Waals surface area (Å²) in [4.78, 5) is 6.82. The van der Waals surface area contributed by atoms with Gasteiger partial charge in [-0.3, -0.25) is 0 Å². The molecule has 1 unspecified atom stereocenters. The average molecular weight is 296 g/mol. The van der Waals surface area contributed by atoms with Crippen LogP contribution in [0.15, 0.2) is 12.3 Å². The number of hydrogen-bond donors (Lipinski definition) is 1. The van der Waals surface area contributed by atoms with Crippen LogP contribution in [0.3, 0.4) is 0 Å². The van der Waals surface area contributed by atoms with Crippen LogP contribution in [0.4, 0.5) is 5.82 Å². The molecule has 110 valence electrons. The first-order valence-corrected chi connectivity index (χ1v) is 7.75. The molecule has 1 saturated heterocycles. The van der Waals surface area contributed by atoms with Crippen LogP contribution in [-0.4, -0.2) is 37.8 Å². The minimum Gasteiger partial charge on any atom is -0.384 e. The zero-order valence-corrected chi connectivity index (χ0v) is 12.7. The van der Waals surface area contributed by atoms with Crippen molar-refractivity contribution >= 4 is 17.4 Å². The van der Waals surface area contributed by atoms with Crippen molar-refractivity contribution < 1.29 is 4.74 Å². The number of anilines is 1. The molecule has 1 aromatic rings. The lowest BCUT2D eigenvalue weighted by atomic mass is 10.1. The SMILES string of the molecule is COCC1CCN(c2cc(CNC3CC3)c(Cl)cn2)C1. The number of ether oxygens (including phenoxy) is 1. The Kier molecular flexibility index (Phi) is 4.44. The van der Waals surface area contributed by atoms with Crippen LogP contribution in [0.1, 0.15) is 24.8 Å². The molecule has 20 heavy (non-hydrogen) atoms. The molecule has 1 atom stereocenters. The maximum atomic E-state index is 6.24. The number of halogens is 1. The number of hydrogen-bond acceptors (Lipinski definition) is 4. The number of methoxy groups -OCH3 is 1. The second-order valence-corrected chi connectivity index (χ2v) is 6.25. The zero-order valence-electron chi connectivity index (χ0n) is 11.9. The summed E-state index contributed by atoms with van der Waals surface area (Å²) < 4.78 is 5.25. The van der Waals surface area contributed by atoms with Crippen LogP contribution >= 0.6 is 11.6 Å². The zero-order chi connectivity index (χ0) is 13.9. The van der Waals surface area contributed by atoms with Crippen molar-refractivity contribution in [1.29, 1.82) is 0 Å². The van der Waals surface area contributed by atoms with Crippen molar-refractivity contribution in [2.45, 2.75) is 31.8 Å². The van der Waals surface area contributed by atoms with Gasteiger partial charge in [-0.05, 0) is 30.9 Å². The van der Waals surface area contributed by atoms with Gasteiger partial charge in [-0.25, -0.2) is 4.98 Å². The second kappa shape index (κ2) is 6.29. The third kappa shape index (κ3) is 3.43. The van der Waals surface area contributed by atoms with E-state index in [9.17, 15) is 0 Å². The van der Waals surface area contributed by atoms with Crippen LogP contribution in [0, 0.1) is 5.92 Å². The molecule has 3 rings (SSSR count). The Morgan fingerprint density at radius 2 is 2.30 bits per heavy atom. The molecule has 2 fully saturated rings. The third-order valence-corrected chi connectivity index (χ3v) is 4.43. The summed E-state index contributed by atoms with van der Waals surface area (Å²) in [6.45, 7) is 3.75. The van der Waals surface area contributed by atoms with E-state index < -0.39 is 0 Å². The topological polar surface area (TPSA) is 37.4 Å². The quantitative estimate of drug-likeness (QED) is 0.875. The molecule has 2 heterocycles. The molecule has 4 nitrogen and oxygen atoms in total. The maximum absolute atomic E-state index is 6.24. The van der Waals surface area contributed by atoms with Crippen molar-refractivity contribution in [3.05, 3.63) is 22.8 Å². The maximum Gasteiger partial charge on any atom is 0.128 e. The molecule has 1 saturated carbocycles. The fourth-order valence-corrected chi connectivity index (χ4v) is 2.90. The van der Waals surface area contributed by atoms with Crippen molar-refractivity contribution in [3.63, 3.8) is 0 Å². The van der Waals surface area contributed by atoms with Gasteiger partial charge in [-0.1, -0.05) is 11.6 Å². The molecule has 1 N–H and O–H groups in total. The van der Waals surface area contributed by atoms with Gasteiger partial charge in [0, 0.05) is 44.9 Å². The smallest absolute Gasteiger partial charge is 0.128 e. The number of rotatable bonds is 6. The largest absolute Gasteiger partial charge is 0.384 e. The summed E-state index contributed by atoms with van der Waals surface area (Å²) in [5.74, 6) is 1.66. The van der Waals surface area contributed by atoms with E-state index in [2.05, 4.69) is 21.3 Å². The van der Waals surface area contributed by atoms with E-state index in [1.165, 1.54) is 19.3 Å². The van der Waals surface area contributed by atoms with Crippen LogP contribution in [-0.2, 0) is 11.3 Å². The van der Waals surface area contributed by atoms with E-state index in [4.69, 9.17) is 16.3 Å². The Morgan fingerprint density at radius 3 is 3.05 bits per heavy atom. The normalized spacial score (nSPS) is 22.5. The summed E-state index contributed by atoms with van der Waals surface area (Å²) in [5.41, 5.74) is 1.15. The van der Waals surface area contributed by atoms with Crippen LogP contribution < -0.4 is 10.2 Å². The Hall–Kier alpha value is -0.840. The summed E-state index contributed by atoms with van der Waals surface area (Å²) >= 11 is 6.24. The monoisotopic (exact) mass is 295 g/mol. The summed E-state index contributed by atoms with van der Waals surface area (Å²) in [6.07, 6.45) is 5.54. The van der Waals surface area contributed by atoms with Gasteiger partial charge in [0.1, 0.15) is 5.82 Å². The average Bonchev–Trinajstić information content (AvgIpc) is 3.16. The first-order chi connectivity index (χ1) is 9.76. The van der Waals surface area contributed by atoms with E-state index in [0.717, 1.165) is 42.6 Å². The molecular formula is C15H22ClN3O. The summed E-state index contributed by atoms with van der Waals surface area (Å²) in [5, 5.41) is 4.27. The summed E-state index contributed by atoms with van der Waals surface area (Å²) in [6, 6.07) is 2.83. The number of pyridine rings is 1. The van der Waals surface area contributed by atoms with Crippen LogP contribution in [0.25, 0.3) is 0 Å². The Bertz CT molecular complexity index is 464. The molecule has 1 aliphatic carbocycles. The molecular weight excluding hydrogens is 274 g/mol. The molecule has 2 aliphatic rings. The van der Waals surface area contributed by atoms with E-state index in [1.54, 1.807) is 13.3 Å². The highest BCUT2D eigenvalue weighted by atomic mass is 35.5. The van der Waals surface area contributed by atoms with Gasteiger partial charge in [0.15, 0.2) is 0 Å². The van der Waals surface area contributed by atoms with E-state index in [0.29, 0.717) is 12.0 Å². The van der Waals surface area contributed by atoms with Gasteiger partial charge in [-0.2, -0.15) is 0 Å². The lowest BCUT2D eigenvalue weighted by Crippen LogP contribution is -2.22. The first kappa shape index (κ1) is 14.1. The standard InChI is InChI=1S/C15H22ClN3O/c1-20-10-11-4-5-19(9-11)15-6-12(14(16)8-18-15)7-17-13-2-3-13/h6,8,11,13,17H,2-5,7,9-10H2,1H3. The van der Waals surface area contributed by atoms with Gasteiger partial charge < -0.3 is 15.0 Å². The second-order valence-electron chi connectivity index (χ2n) is 5.85. The highest BCUT2D eigenvalue weighted by molar-refractivity contribution is 6.31. The fourth-order valence-electron chi connectivity index (χ4n) is 2.73. The highest BCUT2D eigenvalue weighted by Crippen LogP contribution is 2.26. The minimum atomic E-state index is 0.616. The molecule has 0 spiro atoms. The van der Waals surface area contributed by atoms with Gasteiger partial charge >= 0.3 is 0 Å². The van der Waals surface area contributed by atoms with E-state index in [1.807, 2.05) is 0 Å². The van der Waals surface area contributed by atoms with Gasteiger partial charge in [0.2, 0.25) is 0 Å². The van der Waals surface area contributed by atoms with Crippen molar-refractivity contribution in [2.24, 2.45) is 5.92 Å². The first-order valence-electron chi connectivity index (χ1n) is 7.38. The predicted octanol–water partition coefficient (Wildman–Crippen LogP) is 2.46. The Morgan fingerprint density at radius 1 is 1.45 bits per heavy atom. The Labute approximate surface area is 125 Å². The fraction of sp³-hybridized carbons (Fsp3) is 0.667. The number of nitrogens with one attached hydrogen (secondary N) is 1. The lowest BCUT2D eigenvalue weighted by Gasteiger charge is -2.19. The van der Waals surface area contributed by atoms with Crippen LogP contribution in [0.2, 0.25) is 5.02 Å². The minimum absolute atomic E-state index is 0.616. The molecule has 0 amide bonds. The van der Waals surface area contributed by atoms with E-state index in [-0.39, 0.29) is 0 Å². The predicted molar refractivity (Wildman–Crippen MR) is 81.3 cm³/mol. The number of aromatic nitrogens is 1. The van der Waals surface area contributed by atoms with E-state index >= 15 is 0 Å². The Balaban J connectivity index is 1.65. The lowest BCUT2D eigenvalue weighted by molar-refractivity contribution is 0.161. The van der Waals surface area contributed by atoms with Gasteiger partial charge in [-0.15, -0.1) is 0 Å². The van der Waals surface area contributed by atoms with Crippen molar-refractivity contribution in [3.8, 4) is 0 Å². The van der Waals surface area contributed by atoms with Gasteiger partial charge in [0.25, 0.3) is 0 Å². The molecule has 5 heteroatoms. The number of nitrogens with zero attached hydrogens (tertiary/aromatic N) is 2. The van der Waals surface area contributed by atoms with Crippen molar-refractivity contribution in [2.75, 3.05) is 31.7 Å². The molecule has 0 bridgehead atoms. The molecule has 0 aromatic carbocycles. The highest BCUT2D eigenvalue weighted by Gasteiger charge is 2.24. The molecule has 1 aromatic heterocycles. The van der Waals surface area contributed by atoms with Gasteiger partial charge in [0.05, 0.1) is 11.6 Å².